The normalized spacial score (nSPS) is 20.6. The van der Waals surface area contributed by atoms with Crippen LogP contribution in [-0.4, -0.2) is 54.8 Å². The lowest BCUT2D eigenvalue weighted by atomic mass is 10.0. The van der Waals surface area contributed by atoms with Gasteiger partial charge in [-0.2, -0.15) is 0 Å². The van der Waals surface area contributed by atoms with E-state index in [-0.39, 0.29) is 11.9 Å². The van der Waals surface area contributed by atoms with E-state index >= 15 is 0 Å². The van der Waals surface area contributed by atoms with Crippen LogP contribution in [0.4, 0.5) is 0 Å². The molecule has 2 unspecified atom stereocenters. The number of likely N-dealkylation sites (tertiary alicyclic amines) is 1. The smallest absolute Gasteiger partial charge is 0.308 e. The lowest BCUT2D eigenvalue weighted by Crippen LogP contribution is -2.37. The lowest BCUT2D eigenvalue weighted by molar-refractivity contribution is -0.142. The number of carboxylic acids is 1. The minimum absolute atomic E-state index is 0.267. The van der Waals surface area contributed by atoms with Gasteiger partial charge >= 0.3 is 5.97 Å². The molecule has 0 aliphatic carbocycles. The quantitative estimate of drug-likeness (QED) is 0.803. The number of hydrogen-bond donors (Lipinski definition) is 1. The molecule has 1 N–H and O–H groups in total. The number of carbonyl (C=O) groups excluding carboxylic acids is 1. The van der Waals surface area contributed by atoms with E-state index < -0.39 is 11.9 Å². The standard InChI is InChI=1S/C16H20ClNO5/c1-10-12(16(20)21)5-6-18(10)15(19)13-9-11(17)3-4-14(13)23-8-7-22-2/h3-4,9-10,12H,5-8H2,1-2H3,(H,20,21). The van der Waals surface area contributed by atoms with E-state index in [1.165, 1.54) is 0 Å². The van der Waals surface area contributed by atoms with Gasteiger partial charge in [0.2, 0.25) is 0 Å². The second-order valence-electron chi connectivity index (χ2n) is 5.45. The number of ether oxygens (including phenoxy) is 2. The largest absolute Gasteiger partial charge is 0.490 e. The van der Waals surface area contributed by atoms with Crippen molar-refractivity contribution in [3.05, 3.63) is 28.8 Å². The topological polar surface area (TPSA) is 76.1 Å². The zero-order valence-corrected chi connectivity index (χ0v) is 13.9. The molecule has 0 saturated carbocycles. The average molecular weight is 342 g/mol. The highest BCUT2D eigenvalue weighted by Crippen LogP contribution is 2.30. The Hall–Kier alpha value is -1.79. The van der Waals surface area contributed by atoms with Crippen molar-refractivity contribution in [2.24, 2.45) is 5.92 Å². The number of aliphatic carboxylic acids is 1. The van der Waals surface area contributed by atoms with Crippen molar-refractivity contribution in [2.75, 3.05) is 26.9 Å². The molecule has 2 rings (SSSR count). The minimum atomic E-state index is -0.879. The van der Waals surface area contributed by atoms with Gasteiger partial charge in [-0.15, -0.1) is 0 Å². The Morgan fingerprint density at radius 1 is 1.39 bits per heavy atom. The summed E-state index contributed by atoms with van der Waals surface area (Å²) in [6.45, 7) is 2.86. The number of carbonyl (C=O) groups is 2. The molecule has 1 aromatic carbocycles. The monoisotopic (exact) mass is 341 g/mol. The van der Waals surface area contributed by atoms with E-state index in [2.05, 4.69) is 0 Å². The maximum Gasteiger partial charge on any atom is 0.308 e. The zero-order valence-electron chi connectivity index (χ0n) is 13.1. The Balaban J connectivity index is 2.21. The number of nitrogens with zero attached hydrogens (tertiary/aromatic N) is 1. The summed E-state index contributed by atoms with van der Waals surface area (Å²) in [5.74, 6) is -1.27. The Morgan fingerprint density at radius 2 is 2.13 bits per heavy atom. The van der Waals surface area contributed by atoms with Crippen molar-refractivity contribution in [1.82, 2.24) is 4.90 Å². The number of carboxylic acid groups (broad SMARTS) is 1. The van der Waals surface area contributed by atoms with Crippen molar-refractivity contribution in [1.29, 1.82) is 0 Å². The van der Waals surface area contributed by atoms with E-state index in [4.69, 9.17) is 21.1 Å². The van der Waals surface area contributed by atoms with Crippen LogP contribution in [0, 0.1) is 5.92 Å². The molecular weight excluding hydrogens is 322 g/mol. The second kappa shape index (κ2) is 7.66. The average Bonchev–Trinajstić information content (AvgIpc) is 2.90. The van der Waals surface area contributed by atoms with E-state index in [1.54, 1.807) is 37.1 Å². The first kappa shape index (κ1) is 17.6. The predicted molar refractivity (Wildman–Crippen MR) is 85.1 cm³/mol. The summed E-state index contributed by atoms with van der Waals surface area (Å²) in [5.41, 5.74) is 0.339. The molecule has 2 atom stereocenters. The molecule has 23 heavy (non-hydrogen) atoms. The van der Waals surface area contributed by atoms with Crippen molar-refractivity contribution < 1.29 is 24.2 Å². The highest BCUT2D eigenvalue weighted by atomic mass is 35.5. The zero-order chi connectivity index (χ0) is 17.0. The van der Waals surface area contributed by atoms with Crippen LogP contribution in [0.25, 0.3) is 0 Å². The summed E-state index contributed by atoms with van der Waals surface area (Å²) < 4.78 is 10.5. The fourth-order valence-electron chi connectivity index (χ4n) is 2.74. The third-order valence-corrected chi connectivity index (χ3v) is 4.29. The molecule has 1 amide bonds. The molecule has 1 aliphatic heterocycles. The van der Waals surface area contributed by atoms with Crippen molar-refractivity contribution in [3.63, 3.8) is 0 Å². The van der Waals surface area contributed by atoms with Gasteiger partial charge in [0.1, 0.15) is 12.4 Å². The first-order valence-corrected chi connectivity index (χ1v) is 7.78. The molecule has 126 valence electrons. The summed E-state index contributed by atoms with van der Waals surface area (Å²) in [6.07, 6.45) is 0.447. The molecule has 0 bridgehead atoms. The fraction of sp³-hybridized carbons (Fsp3) is 0.500. The van der Waals surface area contributed by atoms with Crippen LogP contribution < -0.4 is 4.74 Å². The van der Waals surface area contributed by atoms with Crippen LogP contribution in [0.5, 0.6) is 5.75 Å². The predicted octanol–water partition coefficient (Wildman–Crippen LogP) is 2.30. The first-order chi connectivity index (χ1) is 11.0. The van der Waals surface area contributed by atoms with Crippen molar-refractivity contribution in [2.45, 2.75) is 19.4 Å². The number of amides is 1. The van der Waals surface area contributed by atoms with Gasteiger partial charge in [-0.3, -0.25) is 9.59 Å². The number of methoxy groups -OCH3 is 1. The summed E-state index contributed by atoms with van der Waals surface area (Å²) >= 11 is 6.00. The molecule has 1 fully saturated rings. The Labute approximate surface area is 139 Å². The van der Waals surface area contributed by atoms with Crippen molar-refractivity contribution in [3.8, 4) is 5.75 Å². The number of benzene rings is 1. The van der Waals surface area contributed by atoms with E-state index in [0.717, 1.165) is 0 Å². The maximum atomic E-state index is 12.8. The minimum Gasteiger partial charge on any atom is -0.490 e. The van der Waals surface area contributed by atoms with Gasteiger partial charge in [0.25, 0.3) is 5.91 Å². The van der Waals surface area contributed by atoms with Gasteiger partial charge in [-0.05, 0) is 31.5 Å². The van der Waals surface area contributed by atoms with Gasteiger partial charge in [0.15, 0.2) is 0 Å². The molecule has 1 saturated heterocycles. The number of halogens is 1. The van der Waals surface area contributed by atoms with Crippen LogP contribution in [0.15, 0.2) is 18.2 Å². The number of rotatable bonds is 6. The second-order valence-corrected chi connectivity index (χ2v) is 5.89. The van der Waals surface area contributed by atoms with Gasteiger partial charge < -0.3 is 19.5 Å². The summed E-state index contributed by atoms with van der Waals surface area (Å²) in [4.78, 5) is 25.6. The molecule has 7 heteroatoms. The molecule has 1 aromatic rings. The van der Waals surface area contributed by atoms with Gasteiger partial charge in [-0.25, -0.2) is 0 Å². The van der Waals surface area contributed by atoms with Crippen LogP contribution in [0.2, 0.25) is 5.02 Å². The highest BCUT2D eigenvalue weighted by molar-refractivity contribution is 6.31. The molecule has 0 radical (unpaired) electrons. The maximum absolute atomic E-state index is 12.8. The highest BCUT2D eigenvalue weighted by Gasteiger charge is 2.39. The third kappa shape index (κ3) is 3.95. The van der Waals surface area contributed by atoms with E-state index in [0.29, 0.717) is 42.5 Å². The summed E-state index contributed by atoms with van der Waals surface area (Å²) in [5, 5.41) is 9.62. The third-order valence-electron chi connectivity index (χ3n) is 4.05. The van der Waals surface area contributed by atoms with Crippen LogP contribution >= 0.6 is 11.6 Å². The van der Waals surface area contributed by atoms with Crippen LogP contribution in [-0.2, 0) is 9.53 Å². The first-order valence-electron chi connectivity index (χ1n) is 7.40. The molecule has 6 nitrogen and oxygen atoms in total. The SMILES string of the molecule is COCCOc1ccc(Cl)cc1C(=O)N1CCC(C(=O)O)C1C. The Morgan fingerprint density at radius 3 is 2.74 bits per heavy atom. The Bertz CT molecular complexity index is 592. The van der Waals surface area contributed by atoms with Crippen LogP contribution in [0.3, 0.4) is 0 Å². The summed E-state index contributed by atoms with van der Waals surface area (Å²) in [7, 11) is 1.56. The molecule has 0 aromatic heterocycles. The van der Waals surface area contributed by atoms with Gasteiger partial charge in [-0.1, -0.05) is 11.6 Å². The van der Waals surface area contributed by atoms with Crippen LogP contribution in [0.1, 0.15) is 23.7 Å². The molecule has 1 aliphatic rings. The molecule has 0 spiro atoms. The lowest BCUT2D eigenvalue weighted by Gasteiger charge is -2.24. The summed E-state index contributed by atoms with van der Waals surface area (Å²) in [6, 6.07) is 4.47. The van der Waals surface area contributed by atoms with Gasteiger partial charge in [0.05, 0.1) is 18.1 Å². The van der Waals surface area contributed by atoms with Crippen molar-refractivity contribution >= 4 is 23.5 Å². The number of hydrogen-bond acceptors (Lipinski definition) is 4. The van der Waals surface area contributed by atoms with E-state index in [1.807, 2.05) is 0 Å². The Kier molecular flexibility index (Phi) is 5.85. The molecule has 1 heterocycles. The fourth-order valence-corrected chi connectivity index (χ4v) is 2.91. The van der Waals surface area contributed by atoms with Gasteiger partial charge in [0, 0.05) is 24.7 Å². The molecular formula is C16H20ClNO5. The van der Waals surface area contributed by atoms with E-state index in [9.17, 15) is 14.7 Å².